The molecule has 4 aromatic rings. The molecule has 0 aliphatic heterocycles. The Hall–Kier alpha value is -3.99. The molecule has 0 unspecified atom stereocenters. The highest BCUT2D eigenvalue weighted by atomic mass is 32.2. The fourth-order valence-electron chi connectivity index (χ4n) is 3.59. The zero-order chi connectivity index (χ0) is 25.9. The van der Waals surface area contributed by atoms with Crippen LogP contribution in [0.1, 0.15) is 11.1 Å². The lowest BCUT2D eigenvalue weighted by Gasteiger charge is -2.19. The Morgan fingerprint density at radius 3 is 2.31 bits per heavy atom. The van der Waals surface area contributed by atoms with Gasteiger partial charge in [0.2, 0.25) is 0 Å². The first kappa shape index (κ1) is 25.1. The molecule has 0 saturated carbocycles. The van der Waals surface area contributed by atoms with Gasteiger partial charge in [0, 0.05) is 37.2 Å². The summed E-state index contributed by atoms with van der Waals surface area (Å²) in [5, 5.41) is 0. The predicted molar refractivity (Wildman–Crippen MR) is 128 cm³/mol. The molecule has 1 aromatic heterocycles. The second kappa shape index (κ2) is 9.94. The van der Waals surface area contributed by atoms with Crippen LogP contribution in [-0.4, -0.2) is 25.4 Å². The Morgan fingerprint density at radius 1 is 0.917 bits per heavy atom. The molecule has 0 bridgehead atoms. The number of benzene rings is 3. The second-order valence-corrected chi connectivity index (χ2v) is 9.54. The van der Waals surface area contributed by atoms with Crippen molar-refractivity contribution in [2.24, 2.45) is 0 Å². The summed E-state index contributed by atoms with van der Waals surface area (Å²) in [6.07, 6.45) is -2.27. The van der Waals surface area contributed by atoms with Crippen LogP contribution in [-0.2, 0) is 22.7 Å². The number of hydrogen-bond donors (Lipinski definition) is 1. The second-order valence-electron chi connectivity index (χ2n) is 7.89. The number of halogens is 4. The maximum absolute atomic E-state index is 13.5. The number of hydrogen-bond acceptors (Lipinski definition) is 5. The van der Waals surface area contributed by atoms with E-state index in [1.807, 2.05) is 11.9 Å². The fraction of sp³-hybridized carbons (Fsp3) is 0.120. The SMILES string of the molecule is CN(Cc1ccc(-c2nccnc2NS(=O)(=O)c2ccccc2C(F)(F)F)cc1)c1cccc(F)c1. The third-order valence-electron chi connectivity index (χ3n) is 5.31. The average molecular weight is 517 g/mol. The molecule has 186 valence electrons. The molecule has 6 nitrogen and oxygen atoms in total. The van der Waals surface area contributed by atoms with E-state index in [0.717, 1.165) is 17.7 Å². The minimum Gasteiger partial charge on any atom is -0.370 e. The molecule has 1 N–H and O–H groups in total. The summed E-state index contributed by atoms with van der Waals surface area (Å²) in [5.74, 6) is -0.552. The average Bonchev–Trinajstić information content (AvgIpc) is 2.84. The summed E-state index contributed by atoms with van der Waals surface area (Å²) >= 11 is 0. The molecule has 11 heteroatoms. The van der Waals surface area contributed by atoms with Crippen molar-refractivity contribution in [3.63, 3.8) is 0 Å². The van der Waals surface area contributed by atoms with Gasteiger partial charge in [-0.25, -0.2) is 17.8 Å². The summed E-state index contributed by atoms with van der Waals surface area (Å²) in [7, 11) is -2.81. The van der Waals surface area contributed by atoms with Crippen LogP contribution in [0.4, 0.5) is 29.1 Å². The van der Waals surface area contributed by atoms with Crippen LogP contribution in [0.2, 0.25) is 0 Å². The van der Waals surface area contributed by atoms with Gasteiger partial charge in [-0.05, 0) is 35.9 Å². The number of aromatic nitrogens is 2. The van der Waals surface area contributed by atoms with Crippen molar-refractivity contribution in [3.05, 3.63) is 102 Å². The monoisotopic (exact) mass is 516 g/mol. The fourth-order valence-corrected chi connectivity index (χ4v) is 4.83. The van der Waals surface area contributed by atoms with E-state index in [0.29, 0.717) is 23.9 Å². The molecular formula is C25H20F4N4O2S. The Kier molecular flexibility index (Phi) is 6.93. The third-order valence-corrected chi connectivity index (χ3v) is 6.70. The maximum atomic E-state index is 13.5. The van der Waals surface area contributed by atoms with Crippen LogP contribution in [0, 0.1) is 5.82 Å². The van der Waals surface area contributed by atoms with Gasteiger partial charge in [-0.2, -0.15) is 13.2 Å². The quantitative estimate of drug-likeness (QED) is 0.317. The summed E-state index contributed by atoms with van der Waals surface area (Å²) < 4.78 is 81.5. The molecule has 1 heterocycles. The standard InChI is InChI=1S/C25H20F4N4O2S/c1-33(20-6-4-5-19(26)15-20)16-17-9-11-18(12-10-17)23-24(31-14-13-30-23)32-36(34,35)22-8-3-2-7-21(22)25(27,28)29/h2-15H,16H2,1H3,(H,31,32). The first-order valence-electron chi connectivity index (χ1n) is 10.6. The lowest BCUT2D eigenvalue weighted by Crippen LogP contribution is -2.20. The van der Waals surface area contributed by atoms with Gasteiger partial charge in [-0.3, -0.25) is 9.71 Å². The number of alkyl halides is 3. The minimum absolute atomic E-state index is 0.149. The number of nitrogens with zero attached hydrogens (tertiary/aromatic N) is 3. The summed E-state index contributed by atoms with van der Waals surface area (Å²) in [5.41, 5.74) is 0.951. The van der Waals surface area contributed by atoms with Gasteiger partial charge in [0.05, 0.1) is 10.5 Å². The molecule has 4 rings (SSSR count). The normalized spacial score (nSPS) is 11.8. The van der Waals surface area contributed by atoms with Gasteiger partial charge in [-0.1, -0.05) is 42.5 Å². The molecule has 0 aliphatic carbocycles. The summed E-state index contributed by atoms with van der Waals surface area (Å²) in [6.45, 7) is 0.470. The van der Waals surface area contributed by atoms with E-state index in [1.54, 1.807) is 36.4 Å². The molecule has 36 heavy (non-hydrogen) atoms. The maximum Gasteiger partial charge on any atom is 0.417 e. The van der Waals surface area contributed by atoms with E-state index in [9.17, 15) is 26.0 Å². The molecule has 0 spiro atoms. The Labute approximate surface area is 205 Å². The number of nitrogens with one attached hydrogen (secondary N) is 1. The predicted octanol–water partition coefficient (Wildman–Crippen LogP) is 5.74. The summed E-state index contributed by atoms with van der Waals surface area (Å²) in [4.78, 5) is 9.13. The van der Waals surface area contributed by atoms with Crippen molar-refractivity contribution in [2.45, 2.75) is 17.6 Å². The third kappa shape index (κ3) is 5.62. The van der Waals surface area contributed by atoms with Crippen LogP contribution in [0.3, 0.4) is 0 Å². The molecule has 0 aliphatic rings. The molecule has 0 amide bonds. The van der Waals surface area contributed by atoms with Crippen LogP contribution in [0.15, 0.2) is 90.1 Å². The molecular weight excluding hydrogens is 496 g/mol. The highest BCUT2D eigenvalue weighted by molar-refractivity contribution is 7.92. The zero-order valence-corrected chi connectivity index (χ0v) is 19.7. The molecule has 0 radical (unpaired) electrons. The van der Waals surface area contributed by atoms with E-state index < -0.39 is 26.7 Å². The van der Waals surface area contributed by atoms with Crippen molar-refractivity contribution in [2.75, 3.05) is 16.7 Å². The van der Waals surface area contributed by atoms with Gasteiger partial charge >= 0.3 is 6.18 Å². The highest BCUT2D eigenvalue weighted by Crippen LogP contribution is 2.35. The van der Waals surface area contributed by atoms with Gasteiger partial charge in [0.15, 0.2) is 5.82 Å². The van der Waals surface area contributed by atoms with Gasteiger partial charge in [0.25, 0.3) is 10.0 Å². The van der Waals surface area contributed by atoms with Gasteiger partial charge in [0.1, 0.15) is 11.5 Å². The number of sulfonamides is 1. The zero-order valence-electron chi connectivity index (χ0n) is 18.9. The van der Waals surface area contributed by atoms with E-state index in [2.05, 4.69) is 14.7 Å². The first-order chi connectivity index (χ1) is 17.0. The topological polar surface area (TPSA) is 75.2 Å². The van der Waals surface area contributed by atoms with E-state index in [1.165, 1.54) is 30.6 Å². The van der Waals surface area contributed by atoms with Gasteiger partial charge < -0.3 is 4.90 Å². The summed E-state index contributed by atoms with van der Waals surface area (Å²) in [6, 6.07) is 17.1. The van der Waals surface area contributed by atoms with E-state index in [-0.39, 0.29) is 17.3 Å². The first-order valence-corrected chi connectivity index (χ1v) is 12.1. The van der Waals surface area contributed by atoms with Crippen molar-refractivity contribution >= 4 is 21.5 Å². The van der Waals surface area contributed by atoms with Crippen LogP contribution < -0.4 is 9.62 Å². The molecule has 0 saturated heterocycles. The largest absolute Gasteiger partial charge is 0.417 e. The Morgan fingerprint density at radius 2 is 1.61 bits per heavy atom. The van der Waals surface area contributed by atoms with Crippen molar-refractivity contribution in [1.29, 1.82) is 0 Å². The highest BCUT2D eigenvalue weighted by Gasteiger charge is 2.37. The molecule has 3 aromatic carbocycles. The van der Waals surface area contributed by atoms with Crippen molar-refractivity contribution in [3.8, 4) is 11.3 Å². The van der Waals surface area contributed by atoms with Crippen LogP contribution >= 0.6 is 0 Å². The Balaban J connectivity index is 1.59. The van der Waals surface area contributed by atoms with E-state index in [4.69, 9.17) is 0 Å². The smallest absolute Gasteiger partial charge is 0.370 e. The van der Waals surface area contributed by atoms with Crippen molar-refractivity contribution in [1.82, 2.24) is 9.97 Å². The van der Waals surface area contributed by atoms with Crippen LogP contribution in [0.5, 0.6) is 0 Å². The minimum atomic E-state index is -4.86. The van der Waals surface area contributed by atoms with Gasteiger partial charge in [-0.15, -0.1) is 0 Å². The number of anilines is 2. The number of rotatable bonds is 7. The van der Waals surface area contributed by atoms with E-state index >= 15 is 0 Å². The molecule has 0 fully saturated rings. The van der Waals surface area contributed by atoms with Crippen LogP contribution in [0.25, 0.3) is 11.3 Å². The Bertz CT molecular complexity index is 1480. The lowest BCUT2D eigenvalue weighted by atomic mass is 10.1. The van der Waals surface area contributed by atoms with Crippen molar-refractivity contribution < 1.29 is 26.0 Å². The molecule has 0 atom stereocenters. The lowest BCUT2D eigenvalue weighted by molar-refractivity contribution is -0.139.